The van der Waals surface area contributed by atoms with E-state index in [-0.39, 0.29) is 5.41 Å². The third kappa shape index (κ3) is 6.96. The van der Waals surface area contributed by atoms with Crippen molar-refractivity contribution in [3.05, 3.63) is 252 Å². The Hall–Kier alpha value is -8.05. The summed E-state index contributed by atoms with van der Waals surface area (Å²) in [5.41, 5.74) is 23.7. The number of benzene rings is 8. The summed E-state index contributed by atoms with van der Waals surface area (Å²) in [6, 6.07) is 65.3. The third-order valence-electron chi connectivity index (χ3n) is 15.0. The van der Waals surface area contributed by atoms with E-state index < -0.39 is 0 Å². The summed E-state index contributed by atoms with van der Waals surface area (Å²) < 4.78 is 3.63. The fraction of sp³-hybridized carbons (Fsp3) is 0.106. The van der Waals surface area contributed by atoms with Crippen LogP contribution in [0.25, 0.3) is 87.2 Å². The zero-order valence-electron chi connectivity index (χ0n) is 39.7. The Kier molecular flexibility index (Phi) is 10.1. The molecule has 3 nitrogen and oxygen atoms in total. The molecule has 70 heavy (non-hydrogen) atoms. The summed E-state index contributed by atoms with van der Waals surface area (Å²) in [5, 5.41) is 3.50. The second-order valence-electron chi connectivity index (χ2n) is 19.4. The van der Waals surface area contributed by atoms with Crippen LogP contribution in [0, 0.1) is 0 Å². The summed E-state index contributed by atoms with van der Waals surface area (Å²) >= 11 is 1.77. The van der Waals surface area contributed by atoms with Gasteiger partial charge >= 0.3 is 0 Å². The molecule has 0 saturated carbocycles. The number of allylic oxidation sites excluding steroid dienone is 8. The highest BCUT2D eigenvalue weighted by atomic mass is 32.1. The average Bonchev–Trinajstić information content (AvgIpc) is 3.81. The Bertz CT molecular complexity index is 3890. The van der Waals surface area contributed by atoms with Crippen molar-refractivity contribution >= 4 is 54.6 Å². The van der Waals surface area contributed by atoms with E-state index in [1.807, 2.05) is 0 Å². The second-order valence-corrected chi connectivity index (χ2v) is 20.4. The highest BCUT2D eigenvalue weighted by molar-refractivity contribution is 7.21. The van der Waals surface area contributed by atoms with Crippen molar-refractivity contribution in [2.75, 3.05) is 11.4 Å². The molecular formula is C66H51N3S. The topological polar surface area (TPSA) is 21.1 Å². The first kappa shape index (κ1) is 42.1. The van der Waals surface area contributed by atoms with Gasteiger partial charge in [0.1, 0.15) is 5.01 Å². The number of aromatic nitrogens is 2. The van der Waals surface area contributed by atoms with Crippen LogP contribution in [0.2, 0.25) is 0 Å². The van der Waals surface area contributed by atoms with Crippen LogP contribution in [0.4, 0.5) is 5.69 Å². The van der Waals surface area contributed by atoms with Gasteiger partial charge in [0.15, 0.2) is 0 Å². The summed E-state index contributed by atoms with van der Waals surface area (Å²) in [7, 11) is 0. The van der Waals surface area contributed by atoms with Crippen LogP contribution < -0.4 is 4.90 Å². The number of anilines is 1. The predicted octanol–water partition coefficient (Wildman–Crippen LogP) is 17.5. The molecule has 13 rings (SSSR count). The van der Waals surface area contributed by atoms with Gasteiger partial charge in [0.25, 0.3) is 0 Å². The number of hydrogen-bond acceptors (Lipinski definition) is 3. The lowest BCUT2D eigenvalue weighted by Gasteiger charge is -2.42. The van der Waals surface area contributed by atoms with Gasteiger partial charge in [0, 0.05) is 45.4 Å². The van der Waals surface area contributed by atoms with Gasteiger partial charge in [-0.15, -0.1) is 11.3 Å². The van der Waals surface area contributed by atoms with Gasteiger partial charge < -0.3 is 9.47 Å². The third-order valence-corrected chi connectivity index (χ3v) is 16.1. The highest BCUT2D eigenvalue weighted by Crippen LogP contribution is 2.49. The number of thiazole rings is 1. The number of nitrogens with zero attached hydrogens (tertiary/aromatic N) is 3. The Labute approximate surface area is 414 Å². The van der Waals surface area contributed by atoms with Gasteiger partial charge in [-0.25, -0.2) is 4.98 Å². The van der Waals surface area contributed by atoms with Crippen LogP contribution in [0.5, 0.6) is 0 Å². The van der Waals surface area contributed by atoms with Crippen molar-refractivity contribution in [3.8, 4) is 49.6 Å². The highest BCUT2D eigenvalue weighted by Gasteiger charge is 2.37. The van der Waals surface area contributed by atoms with Gasteiger partial charge in [-0.05, 0) is 141 Å². The second kappa shape index (κ2) is 16.9. The van der Waals surface area contributed by atoms with E-state index >= 15 is 0 Å². The largest absolute Gasteiger partial charge is 0.337 e. The Morgan fingerprint density at radius 1 is 0.600 bits per heavy atom. The fourth-order valence-electron chi connectivity index (χ4n) is 11.4. The number of fused-ring (bicyclic) bond motifs is 10. The lowest BCUT2D eigenvalue weighted by molar-refractivity contribution is 0.587. The quantitative estimate of drug-likeness (QED) is 0.149. The van der Waals surface area contributed by atoms with Crippen molar-refractivity contribution in [3.63, 3.8) is 0 Å². The molecule has 3 aliphatic rings. The zero-order chi connectivity index (χ0) is 46.9. The summed E-state index contributed by atoms with van der Waals surface area (Å²) in [4.78, 5) is 7.73. The lowest BCUT2D eigenvalue weighted by Crippen LogP contribution is -2.36. The van der Waals surface area contributed by atoms with Crippen LogP contribution >= 0.6 is 11.3 Å². The molecular weight excluding hydrogens is 867 g/mol. The van der Waals surface area contributed by atoms with Gasteiger partial charge in [-0.2, -0.15) is 0 Å². The van der Waals surface area contributed by atoms with Crippen molar-refractivity contribution < 1.29 is 0 Å². The van der Waals surface area contributed by atoms with Crippen molar-refractivity contribution in [2.24, 2.45) is 0 Å². The Morgan fingerprint density at radius 3 is 2.13 bits per heavy atom. The molecule has 0 bridgehead atoms. The van der Waals surface area contributed by atoms with Crippen LogP contribution in [-0.4, -0.2) is 16.1 Å². The van der Waals surface area contributed by atoms with E-state index in [9.17, 15) is 0 Å². The van der Waals surface area contributed by atoms with Gasteiger partial charge in [-0.1, -0.05) is 178 Å². The molecule has 0 N–H and O–H groups in total. The van der Waals surface area contributed by atoms with Gasteiger partial charge in [0.05, 0.1) is 21.3 Å². The molecule has 0 saturated heterocycles. The number of para-hydroxylation sites is 1. The predicted molar refractivity (Wildman–Crippen MR) is 298 cm³/mol. The number of hydrogen-bond donors (Lipinski definition) is 0. The Balaban J connectivity index is 0.917. The molecule has 1 aliphatic heterocycles. The minimum Gasteiger partial charge on any atom is -0.337 e. The molecule has 3 heterocycles. The van der Waals surface area contributed by atoms with Crippen LogP contribution in [0.15, 0.2) is 230 Å². The minimum absolute atomic E-state index is 0.117. The monoisotopic (exact) mass is 917 g/mol. The molecule has 0 amide bonds. The van der Waals surface area contributed by atoms with E-state index in [1.165, 1.54) is 99.2 Å². The standard InChI is InChI=1S/C66H51N3S/c1-4-5-6-16-37-68-61-24-15-14-23-57(61)66(2,3)58-34-28-44(29-36-62(58)68)47-30-35-60-55(40-47)56-41-64-59(67-65(70-64)45-17-8-7-9-18-45)42-63(56)69(60)50-31-25-43(26-32-50)46-27-33-53-51-21-12-10-19-48(51)38-49-20-11-13-22-52(49)54(53)39-46/h4-33,35-36,39-42H,34,37-38H2,1-3H3/b5-4-,16-6-. The molecule has 2 aliphatic carbocycles. The summed E-state index contributed by atoms with van der Waals surface area (Å²) in [6.45, 7) is 7.65. The van der Waals surface area contributed by atoms with Crippen LogP contribution in [0.3, 0.4) is 0 Å². The normalized spacial score (nSPS) is 15.0. The van der Waals surface area contributed by atoms with E-state index in [4.69, 9.17) is 4.98 Å². The molecule has 0 spiro atoms. The smallest absolute Gasteiger partial charge is 0.124 e. The summed E-state index contributed by atoms with van der Waals surface area (Å²) in [5.74, 6) is 0. The molecule has 336 valence electrons. The molecule has 4 heteroatoms. The first-order valence-electron chi connectivity index (χ1n) is 24.5. The maximum absolute atomic E-state index is 5.23. The van der Waals surface area contributed by atoms with E-state index in [1.54, 1.807) is 11.3 Å². The molecule has 8 aromatic carbocycles. The average molecular weight is 918 g/mol. The first-order chi connectivity index (χ1) is 34.4. The van der Waals surface area contributed by atoms with Crippen molar-refractivity contribution in [1.82, 2.24) is 9.55 Å². The van der Waals surface area contributed by atoms with E-state index in [0.29, 0.717) is 0 Å². The molecule has 0 unspecified atom stereocenters. The number of rotatable bonds is 7. The van der Waals surface area contributed by atoms with Crippen molar-refractivity contribution in [1.29, 1.82) is 0 Å². The molecule has 10 aromatic rings. The fourth-order valence-corrected chi connectivity index (χ4v) is 12.4. The SMILES string of the molecule is C/C=C\C=C/CN1C2=C(CC=C(c3ccc4c(c3)c3cc5sc(-c6ccccc6)nc5cc3n4-c3ccc(-c4ccc5c(c4)-c4ccccc4Cc4ccccc4-5)cc3)C=C2)C(C)(C)c2ccccc21. The molecule has 0 radical (unpaired) electrons. The first-order valence-corrected chi connectivity index (χ1v) is 25.4. The van der Waals surface area contributed by atoms with Crippen molar-refractivity contribution in [2.45, 2.75) is 39.0 Å². The minimum atomic E-state index is -0.117. The van der Waals surface area contributed by atoms with Gasteiger partial charge in [0.2, 0.25) is 0 Å². The lowest BCUT2D eigenvalue weighted by atomic mass is 9.72. The Morgan fingerprint density at radius 2 is 1.31 bits per heavy atom. The molecule has 0 fully saturated rings. The van der Waals surface area contributed by atoms with Crippen LogP contribution in [-0.2, 0) is 11.8 Å². The zero-order valence-corrected chi connectivity index (χ0v) is 40.5. The summed E-state index contributed by atoms with van der Waals surface area (Å²) in [6.07, 6.45) is 17.6. The van der Waals surface area contributed by atoms with E-state index in [0.717, 1.165) is 46.7 Å². The molecule has 2 aromatic heterocycles. The van der Waals surface area contributed by atoms with Crippen LogP contribution in [0.1, 0.15) is 49.4 Å². The van der Waals surface area contributed by atoms with E-state index in [2.05, 4.69) is 249 Å². The maximum atomic E-state index is 5.23. The molecule has 0 atom stereocenters. The maximum Gasteiger partial charge on any atom is 0.124 e. The van der Waals surface area contributed by atoms with Gasteiger partial charge in [-0.3, -0.25) is 0 Å².